The zero-order valence-corrected chi connectivity index (χ0v) is 10.0. The van der Waals surface area contributed by atoms with Crippen molar-refractivity contribution in [3.8, 4) is 0 Å². The van der Waals surface area contributed by atoms with E-state index in [0.29, 0.717) is 10.8 Å². The van der Waals surface area contributed by atoms with Gasteiger partial charge >= 0.3 is 5.97 Å². The number of thiophene rings is 1. The van der Waals surface area contributed by atoms with Gasteiger partial charge in [-0.15, -0.1) is 11.3 Å². The van der Waals surface area contributed by atoms with Crippen LogP contribution < -0.4 is 0 Å². The van der Waals surface area contributed by atoms with E-state index in [2.05, 4.69) is 0 Å². The van der Waals surface area contributed by atoms with Gasteiger partial charge in [-0.25, -0.2) is 8.42 Å². The maximum absolute atomic E-state index is 11.2. The predicted molar refractivity (Wildman–Crippen MR) is 59.3 cm³/mol. The number of hydrogen-bond acceptors (Lipinski definition) is 4. The first kappa shape index (κ1) is 12.5. The number of carboxylic acids is 1. The number of carbonyl (C=O) groups is 1. The molecule has 0 aliphatic carbocycles. The minimum atomic E-state index is -3.51. The first-order chi connectivity index (χ1) is 6.89. The van der Waals surface area contributed by atoms with Crippen LogP contribution in [-0.4, -0.2) is 31.0 Å². The van der Waals surface area contributed by atoms with Gasteiger partial charge < -0.3 is 5.11 Å². The van der Waals surface area contributed by atoms with Gasteiger partial charge in [0, 0.05) is 4.88 Å². The quantitative estimate of drug-likeness (QED) is 0.877. The SMILES string of the molecule is O=C(O)CS(=O)(=O)CCc1ccc(Cl)s1. The highest BCUT2D eigenvalue weighted by atomic mass is 35.5. The molecule has 7 heteroatoms. The minimum Gasteiger partial charge on any atom is -0.480 e. The Balaban J connectivity index is 2.53. The third-order valence-corrected chi connectivity index (χ3v) is 4.44. The number of rotatable bonds is 5. The lowest BCUT2D eigenvalue weighted by Gasteiger charge is -1.99. The van der Waals surface area contributed by atoms with Crippen LogP contribution in [0.3, 0.4) is 0 Å². The van der Waals surface area contributed by atoms with E-state index in [1.54, 1.807) is 12.1 Å². The van der Waals surface area contributed by atoms with Gasteiger partial charge in [-0.3, -0.25) is 4.79 Å². The van der Waals surface area contributed by atoms with Gasteiger partial charge in [0.25, 0.3) is 0 Å². The van der Waals surface area contributed by atoms with Crippen molar-refractivity contribution in [2.45, 2.75) is 6.42 Å². The number of hydrogen-bond donors (Lipinski definition) is 1. The Hall–Kier alpha value is -0.590. The van der Waals surface area contributed by atoms with Gasteiger partial charge in [0.2, 0.25) is 0 Å². The van der Waals surface area contributed by atoms with Gasteiger partial charge in [0.1, 0.15) is 5.75 Å². The molecule has 0 aliphatic heterocycles. The van der Waals surface area contributed by atoms with E-state index in [1.165, 1.54) is 11.3 Å². The highest BCUT2D eigenvalue weighted by molar-refractivity contribution is 7.92. The van der Waals surface area contributed by atoms with Crippen LogP contribution in [0.4, 0.5) is 0 Å². The zero-order valence-electron chi connectivity index (χ0n) is 7.64. The molecule has 0 saturated carbocycles. The molecule has 84 valence electrons. The summed E-state index contributed by atoms with van der Waals surface area (Å²) < 4.78 is 23.0. The summed E-state index contributed by atoms with van der Waals surface area (Å²) in [6.07, 6.45) is 0.312. The molecule has 15 heavy (non-hydrogen) atoms. The third kappa shape index (κ3) is 4.63. The molecule has 0 bridgehead atoms. The number of aliphatic carboxylic acids is 1. The molecule has 0 fully saturated rings. The minimum absolute atomic E-state index is 0.157. The predicted octanol–water partition coefficient (Wildman–Crippen LogP) is 1.44. The molecule has 0 saturated heterocycles. The number of sulfone groups is 1. The van der Waals surface area contributed by atoms with E-state index in [0.717, 1.165) is 4.88 Å². The second kappa shape index (κ2) is 4.96. The van der Waals surface area contributed by atoms with Gasteiger partial charge in [0.05, 0.1) is 10.1 Å². The lowest BCUT2D eigenvalue weighted by atomic mass is 10.4. The second-order valence-corrected chi connectivity index (χ2v) is 6.93. The molecule has 0 spiro atoms. The van der Waals surface area contributed by atoms with Crippen LogP contribution in [0.1, 0.15) is 4.88 Å². The molecule has 1 aromatic rings. The van der Waals surface area contributed by atoms with Crippen LogP contribution in [0, 0.1) is 0 Å². The van der Waals surface area contributed by atoms with Crippen molar-refractivity contribution in [3.63, 3.8) is 0 Å². The van der Waals surface area contributed by atoms with Crippen molar-refractivity contribution in [2.75, 3.05) is 11.5 Å². The van der Waals surface area contributed by atoms with E-state index < -0.39 is 21.6 Å². The Morgan fingerprint density at radius 2 is 2.13 bits per heavy atom. The summed E-state index contributed by atoms with van der Waals surface area (Å²) in [5, 5.41) is 8.35. The van der Waals surface area contributed by atoms with Crippen molar-refractivity contribution in [1.29, 1.82) is 0 Å². The highest BCUT2D eigenvalue weighted by Crippen LogP contribution is 2.21. The Labute approximate surface area is 96.4 Å². The van der Waals surface area contributed by atoms with Crippen molar-refractivity contribution in [3.05, 3.63) is 21.3 Å². The summed E-state index contributed by atoms with van der Waals surface area (Å²) in [4.78, 5) is 11.1. The maximum Gasteiger partial charge on any atom is 0.318 e. The fourth-order valence-corrected chi connectivity index (χ4v) is 3.27. The zero-order chi connectivity index (χ0) is 11.5. The maximum atomic E-state index is 11.2. The van der Waals surface area contributed by atoms with Crippen LogP contribution in [-0.2, 0) is 21.1 Å². The number of carboxylic acid groups (broad SMARTS) is 1. The Bertz CT molecular complexity index is 449. The lowest BCUT2D eigenvalue weighted by Crippen LogP contribution is -2.19. The summed E-state index contributed by atoms with van der Waals surface area (Å²) in [5.41, 5.74) is 0. The molecule has 0 radical (unpaired) electrons. The third-order valence-electron chi connectivity index (χ3n) is 1.63. The molecule has 1 heterocycles. The van der Waals surface area contributed by atoms with Crippen LogP contribution in [0.5, 0.6) is 0 Å². The molecule has 1 rings (SSSR count). The van der Waals surface area contributed by atoms with Crippen molar-refractivity contribution >= 4 is 38.7 Å². The number of aryl methyl sites for hydroxylation is 1. The second-order valence-electron chi connectivity index (χ2n) is 2.94. The first-order valence-electron chi connectivity index (χ1n) is 4.05. The molecular weight excluding hydrogens is 260 g/mol. The lowest BCUT2D eigenvalue weighted by molar-refractivity contribution is -0.134. The molecule has 0 aliphatic rings. The molecule has 0 amide bonds. The van der Waals surface area contributed by atoms with Crippen molar-refractivity contribution in [2.24, 2.45) is 0 Å². The normalized spacial score (nSPS) is 11.5. The monoisotopic (exact) mass is 268 g/mol. The molecule has 1 N–H and O–H groups in total. The Morgan fingerprint density at radius 3 is 2.60 bits per heavy atom. The molecule has 0 unspecified atom stereocenters. The summed E-state index contributed by atoms with van der Waals surface area (Å²) in [6, 6.07) is 3.43. The molecule has 0 aromatic carbocycles. The fraction of sp³-hybridized carbons (Fsp3) is 0.375. The molecule has 4 nitrogen and oxygen atoms in total. The van der Waals surface area contributed by atoms with Gasteiger partial charge in [-0.2, -0.15) is 0 Å². The van der Waals surface area contributed by atoms with Crippen LogP contribution in [0.25, 0.3) is 0 Å². The summed E-state index contributed by atoms with van der Waals surface area (Å²) in [6.45, 7) is 0. The highest BCUT2D eigenvalue weighted by Gasteiger charge is 2.16. The molecule has 0 atom stereocenters. The summed E-state index contributed by atoms with van der Waals surface area (Å²) in [5.74, 6) is -2.29. The van der Waals surface area contributed by atoms with Gasteiger partial charge in [0.15, 0.2) is 9.84 Å². The van der Waals surface area contributed by atoms with E-state index in [9.17, 15) is 13.2 Å². The first-order valence-corrected chi connectivity index (χ1v) is 7.07. The van der Waals surface area contributed by atoms with E-state index >= 15 is 0 Å². The molecule has 1 aromatic heterocycles. The van der Waals surface area contributed by atoms with Gasteiger partial charge in [-0.1, -0.05) is 11.6 Å². The smallest absolute Gasteiger partial charge is 0.318 e. The van der Waals surface area contributed by atoms with Crippen LogP contribution >= 0.6 is 22.9 Å². The number of halogens is 1. The fourth-order valence-electron chi connectivity index (χ4n) is 1.00. The van der Waals surface area contributed by atoms with E-state index in [4.69, 9.17) is 16.7 Å². The standard InChI is InChI=1S/C8H9ClO4S2/c9-7-2-1-6(14-7)3-4-15(12,13)5-8(10)11/h1-2H,3-5H2,(H,10,11). The van der Waals surface area contributed by atoms with Crippen LogP contribution in [0.15, 0.2) is 12.1 Å². The average molecular weight is 269 g/mol. The Kier molecular flexibility index (Phi) is 4.12. The Morgan fingerprint density at radius 1 is 1.47 bits per heavy atom. The molecular formula is C8H9ClO4S2. The average Bonchev–Trinajstić information content (AvgIpc) is 2.46. The largest absolute Gasteiger partial charge is 0.480 e. The van der Waals surface area contributed by atoms with Crippen LogP contribution in [0.2, 0.25) is 4.34 Å². The summed E-state index contributed by atoms with van der Waals surface area (Å²) in [7, 11) is -3.51. The van der Waals surface area contributed by atoms with Gasteiger partial charge in [-0.05, 0) is 18.6 Å². The topological polar surface area (TPSA) is 71.4 Å². The van der Waals surface area contributed by atoms with E-state index in [-0.39, 0.29) is 5.75 Å². The summed E-state index contributed by atoms with van der Waals surface area (Å²) >= 11 is 6.97. The van der Waals surface area contributed by atoms with E-state index in [1.807, 2.05) is 0 Å². The van der Waals surface area contributed by atoms with Crippen molar-refractivity contribution < 1.29 is 18.3 Å². The van der Waals surface area contributed by atoms with Crippen molar-refractivity contribution in [1.82, 2.24) is 0 Å².